The number of alkyl halides is 3. The van der Waals surface area contributed by atoms with Crippen molar-refractivity contribution in [3.8, 4) is 11.5 Å². The van der Waals surface area contributed by atoms with Crippen molar-refractivity contribution in [3.63, 3.8) is 0 Å². The summed E-state index contributed by atoms with van der Waals surface area (Å²) in [6, 6.07) is 12.7. The highest BCUT2D eigenvalue weighted by Gasteiger charge is 2.34. The summed E-state index contributed by atoms with van der Waals surface area (Å²) in [6.45, 7) is 3.93. The third kappa shape index (κ3) is 8.12. The van der Waals surface area contributed by atoms with Gasteiger partial charge in [0.25, 0.3) is 0 Å². The normalized spacial score (nSPS) is 12.8. The van der Waals surface area contributed by atoms with E-state index in [1.54, 1.807) is 7.11 Å². The fraction of sp³-hybridized carbons (Fsp3) is 0.429. The Morgan fingerprint density at radius 3 is 2.24 bits per heavy atom. The van der Waals surface area contributed by atoms with Crippen LogP contribution in [0.5, 0.6) is 11.5 Å². The van der Waals surface area contributed by atoms with Crippen molar-refractivity contribution in [1.82, 2.24) is 5.32 Å². The van der Waals surface area contributed by atoms with E-state index in [4.69, 9.17) is 9.47 Å². The molecule has 0 spiro atoms. The number of ether oxygens (including phenoxy) is 2. The van der Waals surface area contributed by atoms with Gasteiger partial charge in [-0.25, -0.2) is 0 Å². The Labute approximate surface area is 175 Å². The molecule has 2 N–H and O–H groups in total. The summed E-state index contributed by atoms with van der Waals surface area (Å²) < 4.78 is 49.3. The number of aliphatic hydroxyl groups excluding tert-OH is 1. The molecule has 0 heterocycles. The van der Waals surface area contributed by atoms with E-state index < -0.39 is 17.8 Å². The molecule has 0 radical (unpaired) electrons. The number of benzene rings is 2. The van der Waals surface area contributed by atoms with Gasteiger partial charge in [-0.1, -0.05) is 24.3 Å². The number of hydrogen-bond acceptors (Lipinski definition) is 4. The largest absolute Gasteiger partial charge is 0.497 e. The lowest BCUT2D eigenvalue weighted by molar-refractivity contribution is -0.139. The molecule has 0 amide bonds. The Balaban J connectivity index is 0.00000420. The molecule has 1 atom stereocenters. The molecular formula is C21H27ClF3NO3. The molecule has 0 aliphatic rings. The van der Waals surface area contributed by atoms with Gasteiger partial charge in [0, 0.05) is 12.1 Å². The Bertz CT molecular complexity index is 752. The molecule has 1 unspecified atom stereocenters. The molecule has 0 saturated carbocycles. The molecule has 162 valence electrons. The SMILES string of the molecule is COc1ccc(CC(C)(C)NCC(O)COc2ccccc2C(F)(F)F)cc1.Cl. The van der Waals surface area contributed by atoms with Crippen LogP contribution in [-0.2, 0) is 12.6 Å². The van der Waals surface area contributed by atoms with Gasteiger partial charge in [-0.2, -0.15) is 13.2 Å². The van der Waals surface area contributed by atoms with Crippen molar-refractivity contribution in [1.29, 1.82) is 0 Å². The minimum Gasteiger partial charge on any atom is -0.497 e. The molecule has 2 aromatic carbocycles. The van der Waals surface area contributed by atoms with E-state index in [-0.39, 0.29) is 36.8 Å². The minimum absolute atomic E-state index is 0. The van der Waals surface area contributed by atoms with E-state index >= 15 is 0 Å². The Hall–Kier alpha value is -1.96. The first-order chi connectivity index (χ1) is 13.1. The maximum Gasteiger partial charge on any atom is 0.419 e. The summed E-state index contributed by atoms with van der Waals surface area (Å²) in [6.07, 6.45) is -4.74. The molecule has 4 nitrogen and oxygen atoms in total. The number of hydrogen-bond donors (Lipinski definition) is 2. The fourth-order valence-corrected chi connectivity index (χ4v) is 2.78. The van der Waals surface area contributed by atoms with Crippen molar-refractivity contribution >= 4 is 12.4 Å². The van der Waals surface area contributed by atoms with E-state index in [0.717, 1.165) is 17.4 Å². The van der Waals surface area contributed by atoms with E-state index in [0.29, 0.717) is 6.42 Å². The highest BCUT2D eigenvalue weighted by atomic mass is 35.5. The summed E-state index contributed by atoms with van der Waals surface area (Å²) in [7, 11) is 1.61. The number of halogens is 4. The van der Waals surface area contributed by atoms with E-state index in [1.165, 1.54) is 18.2 Å². The summed E-state index contributed by atoms with van der Waals surface area (Å²) >= 11 is 0. The fourth-order valence-electron chi connectivity index (χ4n) is 2.78. The number of aliphatic hydroxyl groups is 1. The second-order valence-corrected chi connectivity index (χ2v) is 7.25. The summed E-state index contributed by atoms with van der Waals surface area (Å²) in [5, 5.41) is 13.4. The molecule has 0 bridgehead atoms. The van der Waals surface area contributed by atoms with Gasteiger partial charge >= 0.3 is 6.18 Å². The molecule has 2 aromatic rings. The van der Waals surface area contributed by atoms with Crippen molar-refractivity contribution in [3.05, 3.63) is 59.7 Å². The zero-order chi connectivity index (χ0) is 20.8. The Morgan fingerprint density at radius 2 is 1.66 bits per heavy atom. The zero-order valence-corrected chi connectivity index (χ0v) is 17.4. The van der Waals surface area contributed by atoms with Crippen LogP contribution in [0.1, 0.15) is 25.0 Å². The highest BCUT2D eigenvalue weighted by Crippen LogP contribution is 2.35. The van der Waals surface area contributed by atoms with Crippen LogP contribution in [-0.4, -0.2) is 37.0 Å². The van der Waals surface area contributed by atoms with Crippen molar-refractivity contribution < 1.29 is 27.8 Å². The lowest BCUT2D eigenvalue weighted by Gasteiger charge is -2.28. The summed E-state index contributed by atoms with van der Waals surface area (Å²) in [5.41, 5.74) is -0.0717. The van der Waals surface area contributed by atoms with E-state index in [9.17, 15) is 18.3 Å². The molecular weight excluding hydrogens is 407 g/mol. The molecule has 2 rings (SSSR count). The zero-order valence-electron chi connectivity index (χ0n) is 16.6. The number of methoxy groups -OCH3 is 1. The topological polar surface area (TPSA) is 50.7 Å². The molecule has 0 aliphatic carbocycles. The van der Waals surface area contributed by atoms with Crippen molar-refractivity contribution in [2.75, 3.05) is 20.3 Å². The van der Waals surface area contributed by atoms with Gasteiger partial charge in [-0.05, 0) is 50.1 Å². The molecule has 0 saturated heterocycles. The second kappa shape index (κ2) is 10.7. The first-order valence-corrected chi connectivity index (χ1v) is 8.96. The highest BCUT2D eigenvalue weighted by molar-refractivity contribution is 5.85. The number of β-amino-alcohol motifs (C(OH)–C–C–N with tert-alkyl or cyclic N) is 1. The van der Waals surface area contributed by atoms with Gasteiger partial charge in [0.1, 0.15) is 24.2 Å². The molecule has 8 heteroatoms. The molecule has 0 aromatic heterocycles. The molecule has 0 fully saturated rings. The third-order valence-corrected chi connectivity index (χ3v) is 4.25. The lowest BCUT2D eigenvalue weighted by atomic mass is 9.94. The van der Waals surface area contributed by atoms with Gasteiger partial charge in [-0.15, -0.1) is 12.4 Å². The lowest BCUT2D eigenvalue weighted by Crippen LogP contribution is -2.46. The number of rotatable bonds is 9. The standard InChI is InChI=1S/C21H26F3NO3.ClH/c1-20(2,12-15-8-10-17(27-3)11-9-15)25-13-16(26)14-28-19-7-5-4-6-18(19)21(22,23)24;/h4-11,16,25-26H,12-14H2,1-3H3;1H. The monoisotopic (exact) mass is 433 g/mol. The van der Waals surface area contributed by atoms with Crippen LogP contribution in [0.25, 0.3) is 0 Å². The number of para-hydroxylation sites is 1. The average Bonchev–Trinajstić information content (AvgIpc) is 2.64. The van der Waals surface area contributed by atoms with Crippen molar-refractivity contribution in [2.45, 2.75) is 38.1 Å². The van der Waals surface area contributed by atoms with Gasteiger partial charge in [-0.3, -0.25) is 0 Å². The minimum atomic E-state index is -4.50. The Kier molecular flexibility index (Phi) is 9.26. The first-order valence-electron chi connectivity index (χ1n) is 8.96. The third-order valence-electron chi connectivity index (χ3n) is 4.25. The first kappa shape index (κ1) is 25.1. The Morgan fingerprint density at radius 1 is 1.03 bits per heavy atom. The van der Waals surface area contributed by atoms with Crippen LogP contribution in [0.4, 0.5) is 13.2 Å². The smallest absolute Gasteiger partial charge is 0.419 e. The van der Waals surface area contributed by atoms with E-state index in [2.05, 4.69) is 5.32 Å². The molecule has 0 aliphatic heterocycles. The maximum atomic E-state index is 13.0. The van der Waals surface area contributed by atoms with Gasteiger partial charge in [0.05, 0.1) is 12.7 Å². The van der Waals surface area contributed by atoms with Gasteiger partial charge in [0.15, 0.2) is 0 Å². The predicted molar refractivity (Wildman–Crippen MR) is 109 cm³/mol. The quantitative estimate of drug-likeness (QED) is 0.612. The van der Waals surface area contributed by atoms with Crippen LogP contribution in [0.3, 0.4) is 0 Å². The van der Waals surface area contributed by atoms with Crippen LogP contribution >= 0.6 is 12.4 Å². The van der Waals surface area contributed by atoms with Crippen LogP contribution in [0.2, 0.25) is 0 Å². The van der Waals surface area contributed by atoms with Gasteiger partial charge < -0.3 is 19.9 Å². The summed E-state index contributed by atoms with van der Waals surface area (Å²) in [4.78, 5) is 0. The van der Waals surface area contributed by atoms with Crippen LogP contribution < -0.4 is 14.8 Å². The van der Waals surface area contributed by atoms with Crippen LogP contribution in [0.15, 0.2) is 48.5 Å². The predicted octanol–water partition coefficient (Wildman–Crippen LogP) is 4.49. The van der Waals surface area contributed by atoms with Gasteiger partial charge in [0.2, 0.25) is 0 Å². The van der Waals surface area contributed by atoms with Crippen LogP contribution in [0, 0.1) is 0 Å². The second-order valence-electron chi connectivity index (χ2n) is 7.25. The maximum absolute atomic E-state index is 13.0. The number of nitrogens with one attached hydrogen (secondary N) is 1. The van der Waals surface area contributed by atoms with Crippen molar-refractivity contribution in [2.24, 2.45) is 0 Å². The molecule has 29 heavy (non-hydrogen) atoms. The summed E-state index contributed by atoms with van der Waals surface area (Å²) in [5.74, 6) is 0.493. The average molecular weight is 434 g/mol. The van der Waals surface area contributed by atoms with E-state index in [1.807, 2.05) is 38.1 Å².